The molecule has 2 heterocycles. The molecule has 146 valence electrons. The van der Waals surface area contributed by atoms with Crippen LogP contribution in [0.2, 0.25) is 5.02 Å². The Morgan fingerprint density at radius 3 is 2.39 bits per heavy atom. The van der Waals surface area contributed by atoms with E-state index < -0.39 is 0 Å². The molecular weight excluding hydrogens is 370 g/mol. The van der Waals surface area contributed by atoms with Crippen molar-refractivity contribution < 1.29 is 5.11 Å². The van der Waals surface area contributed by atoms with Crippen molar-refractivity contribution in [3.8, 4) is 5.75 Å². The number of halogens is 1. The van der Waals surface area contributed by atoms with Crippen molar-refractivity contribution in [2.75, 3.05) is 18.4 Å². The highest BCUT2D eigenvalue weighted by molar-refractivity contribution is 6.30. The number of phenols is 1. The Bertz CT molecular complexity index is 963. The summed E-state index contributed by atoms with van der Waals surface area (Å²) in [5.41, 5.74) is 2.81. The van der Waals surface area contributed by atoms with E-state index >= 15 is 0 Å². The molecule has 2 aromatic carbocycles. The molecule has 0 spiro atoms. The second-order valence-corrected chi connectivity index (χ2v) is 8.24. The average Bonchev–Trinajstić information content (AvgIpc) is 2.70. The monoisotopic (exact) mass is 395 g/mol. The molecule has 0 bridgehead atoms. The minimum absolute atomic E-state index is 0.331. The van der Waals surface area contributed by atoms with Crippen LogP contribution in [0.3, 0.4) is 0 Å². The minimum Gasteiger partial charge on any atom is -0.508 e. The summed E-state index contributed by atoms with van der Waals surface area (Å²) >= 11 is 5.97. The van der Waals surface area contributed by atoms with Gasteiger partial charge in [0.05, 0.1) is 5.52 Å². The molecule has 5 heteroatoms. The third-order valence-corrected chi connectivity index (χ3v) is 5.91. The van der Waals surface area contributed by atoms with Crippen LogP contribution in [0.15, 0.2) is 48.5 Å². The molecule has 1 aliphatic heterocycles. The van der Waals surface area contributed by atoms with E-state index in [0.29, 0.717) is 22.7 Å². The Balaban J connectivity index is 1.66. The number of rotatable bonds is 4. The normalized spacial score (nSPS) is 16.0. The van der Waals surface area contributed by atoms with E-state index in [1.807, 2.05) is 36.4 Å². The van der Waals surface area contributed by atoms with E-state index in [1.165, 1.54) is 0 Å². The van der Waals surface area contributed by atoms with Gasteiger partial charge in [0.15, 0.2) is 0 Å². The first-order chi connectivity index (χ1) is 13.5. The van der Waals surface area contributed by atoms with E-state index in [9.17, 15) is 5.11 Å². The van der Waals surface area contributed by atoms with E-state index in [1.54, 1.807) is 6.07 Å². The van der Waals surface area contributed by atoms with Gasteiger partial charge in [0.2, 0.25) is 0 Å². The van der Waals surface area contributed by atoms with Crippen molar-refractivity contribution in [1.82, 2.24) is 9.88 Å². The highest BCUT2D eigenvalue weighted by Crippen LogP contribution is 2.39. The maximum absolute atomic E-state index is 10.7. The Kier molecular flexibility index (Phi) is 5.42. The minimum atomic E-state index is 0.331. The second-order valence-electron chi connectivity index (χ2n) is 7.80. The van der Waals surface area contributed by atoms with Gasteiger partial charge in [-0.2, -0.15) is 0 Å². The summed E-state index contributed by atoms with van der Waals surface area (Å²) in [6, 6.07) is 15.9. The molecule has 0 radical (unpaired) electrons. The number of nitrogens with one attached hydrogen (secondary N) is 1. The lowest BCUT2D eigenvalue weighted by Crippen LogP contribution is -2.37. The molecule has 0 aliphatic carbocycles. The number of aromatic nitrogens is 1. The van der Waals surface area contributed by atoms with Crippen molar-refractivity contribution in [2.24, 2.45) is 0 Å². The maximum atomic E-state index is 10.7. The molecule has 0 saturated carbocycles. The number of hydrogen-bond acceptors (Lipinski definition) is 4. The number of nitrogens with zero attached hydrogens (tertiary/aromatic N) is 2. The lowest BCUT2D eigenvalue weighted by Gasteiger charge is -2.35. The maximum Gasteiger partial charge on any atom is 0.131 e. The molecule has 0 unspecified atom stereocenters. The van der Waals surface area contributed by atoms with Gasteiger partial charge in [-0.15, -0.1) is 0 Å². The highest BCUT2D eigenvalue weighted by Gasteiger charge is 2.26. The zero-order valence-corrected chi connectivity index (χ0v) is 17.1. The van der Waals surface area contributed by atoms with Gasteiger partial charge in [-0.25, -0.2) is 4.98 Å². The Labute approximate surface area is 171 Å². The van der Waals surface area contributed by atoms with Crippen LogP contribution in [0, 0.1) is 0 Å². The molecule has 1 saturated heterocycles. The van der Waals surface area contributed by atoms with Crippen molar-refractivity contribution >= 4 is 34.0 Å². The first-order valence-corrected chi connectivity index (χ1v) is 10.3. The van der Waals surface area contributed by atoms with Crippen LogP contribution in [-0.4, -0.2) is 34.1 Å². The SMILES string of the molecule is CC(C)N1CCC(c2c(O)ccc3ccc(Nc4ccc(Cl)cc4)nc23)CC1. The highest BCUT2D eigenvalue weighted by atomic mass is 35.5. The zero-order chi connectivity index (χ0) is 19.7. The molecule has 2 N–H and O–H groups in total. The van der Waals surface area contributed by atoms with Crippen LogP contribution in [0.5, 0.6) is 5.75 Å². The summed E-state index contributed by atoms with van der Waals surface area (Å²) in [6.07, 6.45) is 2.09. The fraction of sp³-hybridized carbons (Fsp3) is 0.348. The first-order valence-electron chi connectivity index (χ1n) is 9.90. The third kappa shape index (κ3) is 3.94. The standard InChI is InChI=1S/C23H26ClN3O/c1-15(2)27-13-11-16(12-14-27)22-20(28)9-3-17-4-10-21(26-23(17)22)25-19-7-5-18(24)6-8-19/h3-10,15-16,28H,11-14H2,1-2H3,(H,25,26). The smallest absolute Gasteiger partial charge is 0.131 e. The zero-order valence-electron chi connectivity index (χ0n) is 16.3. The van der Waals surface area contributed by atoms with Crippen LogP contribution >= 0.6 is 11.6 Å². The predicted molar refractivity (Wildman–Crippen MR) is 117 cm³/mol. The summed E-state index contributed by atoms with van der Waals surface area (Å²) in [5.74, 6) is 1.45. The first kappa shape index (κ1) is 19.0. The van der Waals surface area contributed by atoms with Crippen molar-refractivity contribution in [3.63, 3.8) is 0 Å². The summed E-state index contributed by atoms with van der Waals surface area (Å²) < 4.78 is 0. The number of aromatic hydroxyl groups is 1. The van der Waals surface area contributed by atoms with Crippen LogP contribution in [0.4, 0.5) is 11.5 Å². The number of piperidine rings is 1. The Hall–Kier alpha value is -2.30. The van der Waals surface area contributed by atoms with Crippen molar-refractivity contribution in [2.45, 2.75) is 38.6 Å². The molecule has 0 atom stereocenters. The Morgan fingerprint density at radius 2 is 1.71 bits per heavy atom. The van der Waals surface area contributed by atoms with Gasteiger partial charge in [0.1, 0.15) is 11.6 Å². The van der Waals surface area contributed by atoms with E-state index in [2.05, 4.69) is 30.1 Å². The van der Waals surface area contributed by atoms with Gasteiger partial charge in [-0.3, -0.25) is 0 Å². The number of phenolic OH excluding ortho intramolecular Hbond substituents is 1. The number of pyridine rings is 1. The Morgan fingerprint density at radius 1 is 1.04 bits per heavy atom. The van der Waals surface area contributed by atoms with Gasteiger partial charge < -0.3 is 15.3 Å². The molecule has 1 aliphatic rings. The molecule has 1 aromatic heterocycles. The lowest BCUT2D eigenvalue weighted by atomic mass is 9.87. The molecular formula is C23H26ClN3O. The van der Waals surface area contributed by atoms with Gasteiger partial charge in [-0.05, 0) is 94.2 Å². The van der Waals surface area contributed by atoms with Gasteiger partial charge >= 0.3 is 0 Å². The summed E-state index contributed by atoms with van der Waals surface area (Å²) in [5, 5.41) is 15.8. The molecule has 4 nitrogen and oxygen atoms in total. The largest absolute Gasteiger partial charge is 0.508 e. The lowest BCUT2D eigenvalue weighted by molar-refractivity contribution is 0.171. The van der Waals surface area contributed by atoms with E-state index in [4.69, 9.17) is 16.6 Å². The fourth-order valence-corrected chi connectivity index (χ4v) is 4.18. The average molecular weight is 396 g/mol. The molecule has 4 rings (SSSR count). The molecule has 1 fully saturated rings. The fourth-order valence-electron chi connectivity index (χ4n) is 4.06. The van der Waals surface area contributed by atoms with Crippen molar-refractivity contribution in [1.29, 1.82) is 0 Å². The number of hydrogen-bond donors (Lipinski definition) is 2. The number of anilines is 2. The van der Waals surface area contributed by atoms with Gasteiger partial charge in [0, 0.05) is 27.7 Å². The molecule has 3 aromatic rings. The second kappa shape index (κ2) is 7.98. The predicted octanol–water partition coefficient (Wildman–Crippen LogP) is 5.93. The van der Waals surface area contributed by atoms with Crippen LogP contribution in [0.1, 0.15) is 38.2 Å². The van der Waals surface area contributed by atoms with Crippen LogP contribution in [0.25, 0.3) is 10.9 Å². The quantitative estimate of drug-likeness (QED) is 0.575. The van der Waals surface area contributed by atoms with Crippen molar-refractivity contribution in [3.05, 3.63) is 59.1 Å². The van der Waals surface area contributed by atoms with E-state index in [0.717, 1.165) is 53.9 Å². The third-order valence-electron chi connectivity index (χ3n) is 5.66. The molecule has 0 amide bonds. The van der Waals surface area contributed by atoms with Gasteiger partial charge in [0.25, 0.3) is 0 Å². The number of likely N-dealkylation sites (tertiary alicyclic amines) is 1. The summed E-state index contributed by atoms with van der Waals surface area (Å²) in [4.78, 5) is 7.36. The van der Waals surface area contributed by atoms with E-state index in [-0.39, 0.29) is 0 Å². The summed E-state index contributed by atoms with van der Waals surface area (Å²) in [6.45, 7) is 6.60. The summed E-state index contributed by atoms with van der Waals surface area (Å²) in [7, 11) is 0. The number of benzene rings is 2. The molecule has 28 heavy (non-hydrogen) atoms. The number of fused-ring (bicyclic) bond motifs is 1. The van der Waals surface area contributed by atoms with Crippen LogP contribution in [-0.2, 0) is 0 Å². The van der Waals surface area contributed by atoms with Gasteiger partial charge in [-0.1, -0.05) is 11.6 Å². The topological polar surface area (TPSA) is 48.4 Å². The van der Waals surface area contributed by atoms with Crippen LogP contribution < -0.4 is 5.32 Å².